The molecule has 2 nitrogen and oxygen atoms in total. The first-order chi connectivity index (χ1) is 8.08. The van der Waals surface area contributed by atoms with Gasteiger partial charge in [0, 0.05) is 33.5 Å². The quantitative estimate of drug-likeness (QED) is 0.796. The maximum absolute atomic E-state index is 6.31. The first kappa shape index (κ1) is 11.9. The van der Waals surface area contributed by atoms with E-state index >= 15 is 0 Å². The second-order valence-electron chi connectivity index (χ2n) is 5.10. The van der Waals surface area contributed by atoms with E-state index in [2.05, 4.69) is 28.9 Å². The first-order valence-corrected chi connectivity index (χ1v) is 7.78. The molecule has 2 heterocycles. The Hall–Kier alpha value is -0.190. The molecule has 0 aromatic heterocycles. The number of fused-ring (bicyclic) bond motifs is 1. The summed E-state index contributed by atoms with van der Waals surface area (Å²) >= 11 is 5.48. The lowest BCUT2D eigenvalue weighted by atomic mass is 9.86. The Balaban J connectivity index is 1.96. The zero-order valence-corrected chi connectivity index (χ0v) is 12.2. The number of thioether (sulfide) groups is 1. The fourth-order valence-corrected chi connectivity index (χ4v) is 4.52. The molecule has 2 aliphatic rings. The standard InChI is InChI=1S/C13H16BrNOS/c1-8-5-13(7-17-8)6-11(15)10-4-9(14)2-3-12(10)16-13/h2-4,8,11H,5-7,15H2,1H3/t8?,11-,13?/m0/s1. The Morgan fingerprint density at radius 1 is 1.47 bits per heavy atom. The molecule has 2 N–H and O–H groups in total. The number of ether oxygens (including phenoxy) is 1. The Labute approximate surface area is 114 Å². The summed E-state index contributed by atoms with van der Waals surface area (Å²) < 4.78 is 7.32. The van der Waals surface area contributed by atoms with E-state index in [1.54, 1.807) is 0 Å². The second kappa shape index (κ2) is 4.18. The Bertz CT molecular complexity index is 453. The summed E-state index contributed by atoms with van der Waals surface area (Å²) in [5.41, 5.74) is 7.42. The minimum Gasteiger partial charge on any atom is -0.486 e. The molecule has 0 amide bonds. The molecule has 17 heavy (non-hydrogen) atoms. The first-order valence-electron chi connectivity index (χ1n) is 5.94. The maximum atomic E-state index is 6.31. The molecule has 1 spiro atoms. The number of nitrogens with two attached hydrogens (primary N) is 1. The minimum atomic E-state index is -0.0235. The van der Waals surface area contributed by atoms with Crippen LogP contribution < -0.4 is 10.5 Å². The van der Waals surface area contributed by atoms with Gasteiger partial charge in [0.15, 0.2) is 0 Å². The Morgan fingerprint density at radius 3 is 3.00 bits per heavy atom. The predicted molar refractivity (Wildman–Crippen MR) is 75.6 cm³/mol. The molecule has 1 aromatic rings. The van der Waals surface area contributed by atoms with Gasteiger partial charge in [0.05, 0.1) is 0 Å². The zero-order valence-electron chi connectivity index (χ0n) is 9.78. The third-order valence-corrected chi connectivity index (χ3v) is 5.50. The molecule has 0 aliphatic carbocycles. The average Bonchev–Trinajstić information content (AvgIpc) is 2.61. The van der Waals surface area contributed by atoms with E-state index < -0.39 is 0 Å². The van der Waals surface area contributed by atoms with Crippen LogP contribution in [0.1, 0.15) is 31.4 Å². The Kier molecular flexibility index (Phi) is 2.92. The topological polar surface area (TPSA) is 35.2 Å². The molecular weight excluding hydrogens is 298 g/mol. The van der Waals surface area contributed by atoms with E-state index in [-0.39, 0.29) is 11.6 Å². The summed E-state index contributed by atoms with van der Waals surface area (Å²) in [6.07, 6.45) is 2.05. The number of halogens is 1. The van der Waals surface area contributed by atoms with Crippen LogP contribution in [0.15, 0.2) is 22.7 Å². The molecule has 4 heteroatoms. The van der Waals surface area contributed by atoms with Gasteiger partial charge in [-0.1, -0.05) is 22.9 Å². The molecular formula is C13H16BrNOS. The lowest BCUT2D eigenvalue weighted by Crippen LogP contribution is -2.43. The number of rotatable bonds is 0. The average molecular weight is 314 g/mol. The van der Waals surface area contributed by atoms with Gasteiger partial charge < -0.3 is 10.5 Å². The van der Waals surface area contributed by atoms with Gasteiger partial charge in [-0.15, -0.1) is 0 Å². The van der Waals surface area contributed by atoms with Crippen molar-refractivity contribution in [2.45, 2.75) is 36.7 Å². The van der Waals surface area contributed by atoms with E-state index in [4.69, 9.17) is 10.5 Å². The SMILES string of the molecule is CC1CC2(CS1)C[C@H](N)c1cc(Br)ccc1O2. The van der Waals surface area contributed by atoms with Gasteiger partial charge in [0.1, 0.15) is 11.4 Å². The van der Waals surface area contributed by atoms with Gasteiger partial charge in [-0.2, -0.15) is 11.8 Å². The molecule has 1 saturated heterocycles. The van der Waals surface area contributed by atoms with Crippen molar-refractivity contribution in [3.8, 4) is 5.75 Å². The van der Waals surface area contributed by atoms with Crippen LogP contribution in [0.3, 0.4) is 0 Å². The fraction of sp³-hybridized carbons (Fsp3) is 0.538. The summed E-state index contributed by atoms with van der Waals surface area (Å²) in [6, 6.07) is 6.24. The monoisotopic (exact) mass is 313 g/mol. The van der Waals surface area contributed by atoms with Crippen LogP contribution in [-0.2, 0) is 0 Å². The van der Waals surface area contributed by atoms with Crippen molar-refractivity contribution in [2.75, 3.05) is 5.75 Å². The van der Waals surface area contributed by atoms with Crippen LogP contribution in [0.25, 0.3) is 0 Å². The number of benzene rings is 1. The van der Waals surface area contributed by atoms with E-state index in [1.807, 2.05) is 23.9 Å². The van der Waals surface area contributed by atoms with Crippen molar-refractivity contribution in [3.63, 3.8) is 0 Å². The van der Waals surface area contributed by atoms with Crippen LogP contribution in [-0.4, -0.2) is 16.6 Å². The highest BCUT2D eigenvalue weighted by Gasteiger charge is 2.45. The van der Waals surface area contributed by atoms with Gasteiger partial charge in [-0.3, -0.25) is 0 Å². The molecule has 92 valence electrons. The predicted octanol–water partition coefficient (Wildman–Crippen LogP) is 3.50. The van der Waals surface area contributed by atoms with Gasteiger partial charge in [-0.05, 0) is 24.6 Å². The van der Waals surface area contributed by atoms with Crippen LogP contribution in [0.4, 0.5) is 0 Å². The Morgan fingerprint density at radius 2 is 2.29 bits per heavy atom. The highest BCUT2D eigenvalue weighted by atomic mass is 79.9. The lowest BCUT2D eigenvalue weighted by Gasteiger charge is -2.38. The number of hydrogen-bond acceptors (Lipinski definition) is 3. The van der Waals surface area contributed by atoms with Crippen LogP contribution >= 0.6 is 27.7 Å². The van der Waals surface area contributed by atoms with Crippen LogP contribution in [0.5, 0.6) is 5.75 Å². The van der Waals surface area contributed by atoms with Crippen molar-refractivity contribution in [3.05, 3.63) is 28.2 Å². The maximum Gasteiger partial charge on any atom is 0.125 e. The molecule has 3 rings (SSSR count). The van der Waals surface area contributed by atoms with E-state index in [1.165, 1.54) is 0 Å². The third-order valence-electron chi connectivity index (χ3n) is 3.58. The second-order valence-corrected chi connectivity index (χ2v) is 7.45. The van der Waals surface area contributed by atoms with Crippen molar-refractivity contribution in [1.29, 1.82) is 0 Å². The fourth-order valence-electron chi connectivity index (χ4n) is 2.84. The lowest BCUT2D eigenvalue weighted by molar-refractivity contribution is 0.0575. The molecule has 0 saturated carbocycles. The van der Waals surface area contributed by atoms with Crippen molar-refractivity contribution in [2.24, 2.45) is 5.73 Å². The van der Waals surface area contributed by atoms with Crippen molar-refractivity contribution in [1.82, 2.24) is 0 Å². The van der Waals surface area contributed by atoms with Crippen molar-refractivity contribution < 1.29 is 4.74 Å². The largest absolute Gasteiger partial charge is 0.486 e. The molecule has 0 bridgehead atoms. The summed E-state index contributed by atoms with van der Waals surface area (Å²) in [6.45, 7) is 2.27. The van der Waals surface area contributed by atoms with Crippen molar-refractivity contribution >= 4 is 27.7 Å². The molecule has 1 aromatic carbocycles. The molecule has 1 fully saturated rings. The summed E-state index contributed by atoms with van der Waals surface area (Å²) in [5.74, 6) is 2.04. The van der Waals surface area contributed by atoms with Gasteiger partial charge in [0.25, 0.3) is 0 Å². The minimum absolute atomic E-state index is 0.0235. The summed E-state index contributed by atoms with van der Waals surface area (Å²) in [7, 11) is 0. The number of hydrogen-bond donors (Lipinski definition) is 1. The van der Waals surface area contributed by atoms with Gasteiger partial charge >= 0.3 is 0 Å². The third kappa shape index (κ3) is 2.11. The molecule has 3 atom stereocenters. The van der Waals surface area contributed by atoms with Crippen LogP contribution in [0.2, 0.25) is 0 Å². The van der Waals surface area contributed by atoms with E-state index in [0.717, 1.165) is 34.4 Å². The highest BCUT2D eigenvalue weighted by molar-refractivity contribution is 9.10. The van der Waals surface area contributed by atoms with E-state index in [0.29, 0.717) is 5.25 Å². The smallest absolute Gasteiger partial charge is 0.125 e. The normalized spacial score (nSPS) is 35.7. The zero-order chi connectivity index (χ0) is 12.0. The van der Waals surface area contributed by atoms with E-state index in [9.17, 15) is 0 Å². The molecule has 0 radical (unpaired) electrons. The van der Waals surface area contributed by atoms with Crippen LogP contribution in [0, 0.1) is 0 Å². The molecule has 2 aliphatic heterocycles. The summed E-state index contributed by atoms with van der Waals surface area (Å²) in [4.78, 5) is 0. The van der Waals surface area contributed by atoms with Gasteiger partial charge in [0.2, 0.25) is 0 Å². The highest BCUT2D eigenvalue weighted by Crippen LogP contribution is 2.47. The summed E-state index contributed by atoms with van der Waals surface area (Å²) in [5, 5.41) is 0.680. The molecule has 2 unspecified atom stereocenters. The van der Waals surface area contributed by atoms with Gasteiger partial charge in [-0.25, -0.2) is 0 Å².